The number of likely N-dealkylation sites (N-methyl/N-ethyl adjacent to an activating group) is 1. The van der Waals surface area contributed by atoms with Gasteiger partial charge in [-0.2, -0.15) is 0 Å². The number of nitrogens with one attached hydrogen (secondary N) is 2. The summed E-state index contributed by atoms with van der Waals surface area (Å²) in [7, 11) is 2.06. The Labute approximate surface area is 226 Å². The van der Waals surface area contributed by atoms with Gasteiger partial charge in [-0.1, -0.05) is 62.6 Å². The fraction of sp³-hybridized carbons (Fsp3) is 0.533. The number of urea groups is 1. The van der Waals surface area contributed by atoms with Gasteiger partial charge in [0.2, 0.25) is 0 Å². The monoisotopic (exact) mass is 522 g/mol. The minimum Gasteiger partial charge on any atom is -0.486 e. The SMILES string of the molecule is C[C@H]1CN([C@@H](C)CO)C(=O)c2cccc(NC(=O)NC3CCCCC3)c2O[C@H]1CN(C)Cc1ccccc1. The Balaban J connectivity index is 1.60. The lowest BCUT2D eigenvalue weighted by atomic mass is 9.96. The van der Waals surface area contributed by atoms with E-state index >= 15 is 0 Å². The third-order valence-electron chi connectivity index (χ3n) is 7.67. The molecule has 0 spiro atoms. The Bertz CT molecular complexity index is 1070. The van der Waals surface area contributed by atoms with E-state index in [1.54, 1.807) is 23.1 Å². The van der Waals surface area contributed by atoms with Gasteiger partial charge in [0, 0.05) is 31.6 Å². The summed E-state index contributed by atoms with van der Waals surface area (Å²) in [4.78, 5) is 30.5. The van der Waals surface area contributed by atoms with Crippen molar-refractivity contribution in [1.29, 1.82) is 0 Å². The summed E-state index contributed by atoms with van der Waals surface area (Å²) in [6.45, 7) is 5.65. The minimum atomic E-state index is -0.343. The van der Waals surface area contributed by atoms with E-state index in [-0.39, 0.29) is 42.7 Å². The van der Waals surface area contributed by atoms with Crippen molar-refractivity contribution in [1.82, 2.24) is 15.1 Å². The van der Waals surface area contributed by atoms with Gasteiger partial charge in [0.25, 0.3) is 5.91 Å². The lowest BCUT2D eigenvalue weighted by Gasteiger charge is -2.38. The number of nitrogens with zero attached hydrogens (tertiary/aromatic N) is 2. The van der Waals surface area contributed by atoms with Crippen molar-refractivity contribution in [2.45, 2.75) is 70.7 Å². The summed E-state index contributed by atoms with van der Waals surface area (Å²) in [5.41, 5.74) is 2.08. The maximum atomic E-state index is 13.7. The van der Waals surface area contributed by atoms with Crippen molar-refractivity contribution < 1.29 is 19.4 Å². The molecular formula is C30H42N4O4. The maximum absolute atomic E-state index is 13.7. The van der Waals surface area contributed by atoms with Gasteiger partial charge in [0.05, 0.1) is 23.9 Å². The van der Waals surface area contributed by atoms with E-state index in [2.05, 4.69) is 41.6 Å². The van der Waals surface area contributed by atoms with Crippen LogP contribution in [0.25, 0.3) is 0 Å². The van der Waals surface area contributed by atoms with Crippen LogP contribution in [-0.2, 0) is 6.54 Å². The second-order valence-electron chi connectivity index (χ2n) is 10.9. The molecule has 1 fully saturated rings. The largest absolute Gasteiger partial charge is 0.486 e. The molecular weight excluding hydrogens is 480 g/mol. The molecule has 2 aromatic carbocycles. The van der Waals surface area contributed by atoms with Crippen molar-refractivity contribution in [2.75, 3.05) is 32.1 Å². The Morgan fingerprint density at radius 2 is 1.87 bits per heavy atom. The number of hydrogen-bond donors (Lipinski definition) is 3. The highest BCUT2D eigenvalue weighted by Gasteiger charge is 2.34. The summed E-state index contributed by atoms with van der Waals surface area (Å²) in [5, 5.41) is 16.0. The molecule has 3 amide bonds. The number of hydrogen-bond acceptors (Lipinski definition) is 5. The molecule has 0 aromatic heterocycles. The minimum absolute atomic E-state index is 0.0107. The molecule has 1 aliphatic heterocycles. The van der Waals surface area contributed by atoms with Crippen LogP contribution in [0.15, 0.2) is 48.5 Å². The Morgan fingerprint density at radius 1 is 1.13 bits per heavy atom. The van der Waals surface area contributed by atoms with Gasteiger partial charge in [-0.15, -0.1) is 0 Å². The van der Waals surface area contributed by atoms with Gasteiger partial charge < -0.3 is 25.4 Å². The number of amides is 3. The molecule has 206 valence electrons. The van der Waals surface area contributed by atoms with Crippen molar-refractivity contribution in [2.24, 2.45) is 5.92 Å². The van der Waals surface area contributed by atoms with Crippen LogP contribution in [-0.4, -0.2) is 71.8 Å². The molecule has 3 N–H and O–H groups in total. The first-order valence-electron chi connectivity index (χ1n) is 13.9. The van der Waals surface area contributed by atoms with Crippen LogP contribution in [0.4, 0.5) is 10.5 Å². The molecule has 0 bridgehead atoms. The first kappa shape index (κ1) is 27.9. The van der Waals surface area contributed by atoms with E-state index < -0.39 is 0 Å². The number of carbonyl (C=O) groups is 2. The van der Waals surface area contributed by atoms with Gasteiger partial charge in [-0.05, 0) is 44.5 Å². The third-order valence-corrected chi connectivity index (χ3v) is 7.67. The van der Waals surface area contributed by atoms with Gasteiger partial charge in [-0.25, -0.2) is 4.79 Å². The second-order valence-corrected chi connectivity index (χ2v) is 10.9. The molecule has 1 heterocycles. The van der Waals surface area contributed by atoms with Crippen LogP contribution in [0, 0.1) is 5.92 Å². The molecule has 38 heavy (non-hydrogen) atoms. The number of carbonyl (C=O) groups excluding carboxylic acids is 2. The predicted molar refractivity (Wildman–Crippen MR) is 149 cm³/mol. The Morgan fingerprint density at radius 3 is 2.58 bits per heavy atom. The van der Waals surface area contributed by atoms with Gasteiger partial charge in [0.15, 0.2) is 5.75 Å². The fourth-order valence-corrected chi connectivity index (χ4v) is 5.42. The predicted octanol–water partition coefficient (Wildman–Crippen LogP) is 4.49. The molecule has 0 radical (unpaired) electrons. The first-order valence-corrected chi connectivity index (χ1v) is 13.9. The fourth-order valence-electron chi connectivity index (χ4n) is 5.42. The molecule has 3 atom stereocenters. The third kappa shape index (κ3) is 7.05. The number of fused-ring (bicyclic) bond motifs is 1. The number of aliphatic hydroxyl groups is 1. The van der Waals surface area contributed by atoms with Crippen LogP contribution < -0.4 is 15.4 Å². The smallest absolute Gasteiger partial charge is 0.319 e. The van der Waals surface area contributed by atoms with Gasteiger partial charge in [-0.3, -0.25) is 9.69 Å². The lowest BCUT2D eigenvalue weighted by molar-refractivity contribution is 0.0343. The molecule has 0 saturated heterocycles. The number of rotatable bonds is 8. The highest BCUT2D eigenvalue weighted by atomic mass is 16.5. The van der Waals surface area contributed by atoms with Crippen LogP contribution in [0.2, 0.25) is 0 Å². The molecule has 4 rings (SSSR count). The zero-order chi connectivity index (χ0) is 27.1. The maximum Gasteiger partial charge on any atom is 0.319 e. The summed E-state index contributed by atoms with van der Waals surface area (Å²) < 4.78 is 6.62. The summed E-state index contributed by atoms with van der Waals surface area (Å²) in [6.07, 6.45) is 5.18. The van der Waals surface area contributed by atoms with Crippen LogP contribution in [0.1, 0.15) is 61.9 Å². The highest BCUT2D eigenvalue weighted by Crippen LogP contribution is 2.35. The summed E-state index contributed by atoms with van der Waals surface area (Å²) >= 11 is 0. The molecule has 2 aromatic rings. The average molecular weight is 523 g/mol. The molecule has 1 saturated carbocycles. The highest BCUT2D eigenvalue weighted by molar-refractivity contribution is 6.01. The van der Waals surface area contributed by atoms with Gasteiger partial charge >= 0.3 is 6.03 Å². The summed E-state index contributed by atoms with van der Waals surface area (Å²) in [5.74, 6) is 0.167. The van der Waals surface area contributed by atoms with Crippen molar-refractivity contribution in [3.63, 3.8) is 0 Å². The van der Waals surface area contributed by atoms with Crippen molar-refractivity contribution in [3.8, 4) is 5.75 Å². The van der Waals surface area contributed by atoms with E-state index in [0.29, 0.717) is 30.1 Å². The topological polar surface area (TPSA) is 94.1 Å². The van der Waals surface area contributed by atoms with Gasteiger partial charge in [0.1, 0.15) is 6.10 Å². The second kappa shape index (κ2) is 13.1. The van der Waals surface area contributed by atoms with E-state index in [1.165, 1.54) is 12.0 Å². The molecule has 1 aliphatic carbocycles. The van der Waals surface area contributed by atoms with Crippen molar-refractivity contribution in [3.05, 3.63) is 59.7 Å². The van der Waals surface area contributed by atoms with Crippen molar-refractivity contribution >= 4 is 17.6 Å². The summed E-state index contributed by atoms with van der Waals surface area (Å²) in [6, 6.07) is 15.1. The van der Waals surface area contributed by atoms with E-state index in [4.69, 9.17) is 4.74 Å². The van der Waals surface area contributed by atoms with E-state index in [9.17, 15) is 14.7 Å². The Kier molecular flexibility index (Phi) is 9.63. The zero-order valence-electron chi connectivity index (χ0n) is 22.9. The number of para-hydroxylation sites is 1. The molecule has 8 heteroatoms. The lowest BCUT2D eigenvalue weighted by Crippen LogP contribution is -2.49. The zero-order valence-corrected chi connectivity index (χ0v) is 22.9. The number of benzene rings is 2. The normalized spacial score (nSPS) is 21.2. The number of ether oxygens (including phenoxy) is 1. The van der Waals surface area contributed by atoms with Crippen LogP contribution in [0.3, 0.4) is 0 Å². The van der Waals surface area contributed by atoms with Crippen LogP contribution in [0.5, 0.6) is 5.75 Å². The molecule has 2 aliphatic rings. The number of anilines is 1. The average Bonchev–Trinajstić information content (AvgIpc) is 2.91. The number of aliphatic hydroxyl groups excluding tert-OH is 1. The quantitative estimate of drug-likeness (QED) is 0.475. The standard InChI is InChI=1S/C30H42N4O4/c1-21-17-34(22(2)20-35)29(36)25-15-10-16-26(32-30(37)31-24-13-8-5-9-14-24)28(25)38-27(21)19-33(3)18-23-11-6-4-7-12-23/h4,6-7,10-12,15-16,21-22,24,27,35H,5,8-9,13-14,17-20H2,1-3H3,(H2,31,32,37)/t21-,22-,27-/m0/s1. The molecule has 0 unspecified atom stereocenters. The van der Waals surface area contributed by atoms with E-state index in [0.717, 1.165) is 32.2 Å². The van der Waals surface area contributed by atoms with Crippen LogP contribution >= 0.6 is 0 Å². The van der Waals surface area contributed by atoms with E-state index in [1.807, 2.05) is 25.1 Å². The first-order chi connectivity index (χ1) is 18.4. The molecule has 8 nitrogen and oxygen atoms in total. The Hall–Kier alpha value is -3.10.